The minimum Gasteiger partial charge on any atom is -0.439 e. The van der Waals surface area contributed by atoms with Crippen molar-refractivity contribution in [1.82, 2.24) is 9.97 Å². The van der Waals surface area contributed by atoms with Crippen molar-refractivity contribution in [2.75, 3.05) is 0 Å². The predicted molar refractivity (Wildman–Crippen MR) is 66.0 cm³/mol. The fourth-order valence-electron chi connectivity index (χ4n) is 1.21. The summed E-state index contributed by atoms with van der Waals surface area (Å²) in [5.41, 5.74) is 0. The third-order valence-electron chi connectivity index (χ3n) is 1.80. The lowest BCUT2D eigenvalue weighted by molar-refractivity contribution is 0.459. The fraction of sp³-hybridized carbons (Fsp3) is 0.0909. The summed E-state index contributed by atoms with van der Waals surface area (Å²) in [5.74, 6) is 1.78. The number of hydrogen-bond donors (Lipinski definition) is 0. The van der Waals surface area contributed by atoms with E-state index >= 15 is 0 Å². The van der Waals surface area contributed by atoms with Gasteiger partial charge in [0.05, 0.1) is 0 Å². The molecule has 0 aliphatic carbocycles. The molecule has 16 heavy (non-hydrogen) atoms. The van der Waals surface area contributed by atoms with E-state index in [4.69, 9.17) is 16.3 Å². The van der Waals surface area contributed by atoms with Gasteiger partial charge < -0.3 is 4.74 Å². The second-order valence-corrected chi connectivity index (χ2v) is 4.38. The van der Waals surface area contributed by atoms with E-state index in [1.807, 2.05) is 12.1 Å². The molecular formula is C11H8BrClN2O. The first kappa shape index (κ1) is 11.4. The Morgan fingerprint density at radius 2 is 2.06 bits per heavy atom. The molecule has 2 aromatic rings. The maximum absolute atomic E-state index is 5.85. The highest BCUT2D eigenvalue weighted by Gasteiger charge is 2.02. The normalized spacial score (nSPS) is 10.2. The fourth-order valence-corrected chi connectivity index (χ4v) is 1.84. The molecule has 0 bridgehead atoms. The third-order valence-corrected chi connectivity index (χ3v) is 2.44. The minimum atomic E-state index is 0.488. The van der Waals surface area contributed by atoms with Crippen LogP contribution in [0.1, 0.15) is 5.82 Å². The van der Waals surface area contributed by atoms with Gasteiger partial charge in [0.15, 0.2) is 0 Å². The Labute approximate surface area is 107 Å². The summed E-state index contributed by atoms with van der Waals surface area (Å²) in [6, 6.07) is 8.86. The lowest BCUT2D eigenvalue weighted by Gasteiger charge is -2.05. The highest BCUT2D eigenvalue weighted by molar-refractivity contribution is 9.10. The van der Waals surface area contributed by atoms with E-state index in [1.54, 1.807) is 25.1 Å². The van der Waals surface area contributed by atoms with Gasteiger partial charge in [0.2, 0.25) is 5.88 Å². The first-order valence-electron chi connectivity index (χ1n) is 4.58. The zero-order valence-corrected chi connectivity index (χ0v) is 10.8. The Hall–Kier alpha value is -1.13. The van der Waals surface area contributed by atoms with Crippen molar-refractivity contribution in [3.05, 3.63) is 45.8 Å². The second kappa shape index (κ2) is 4.80. The summed E-state index contributed by atoms with van der Waals surface area (Å²) in [4.78, 5) is 8.25. The highest BCUT2D eigenvalue weighted by atomic mass is 79.9. The Kier molecular flexibility index (Phi) is 3.41. The van der Waals surface area contributed by atoms with E-state index in [2.05, 4.69) is 25.9 Å². The molecule has 0 saturated heterocycles. The van der Waals surface area contributed by atoms with Crippen molar-refractivity contribution in [2.24, 2.45) is 0 Å². The summed E-state index contributed by atoms with van der Waals surface area (Å²) in [6.07, 6.45) is 0. The molecule has 0 saturated carbocycles. The lowest BCUT2D eigenvalue weighted by atomic mass is 10.3. The summed E-state index contributed by atoms with van der Waals surface area (Å²) in [5, 5.41) is 0.627. The van der Waals surface area contributed by atoms with Crippen molar-refractivity contribution < 1.29 is 4.74 Å². The summed E-state index contributed by atoms with van der Waals surface area (Å²) in [6.45, 7) is 1.80. The van der Waals surface area contributed by atoms with Crippen LogP contribution in [0.4, 0.5) is 0 Å². The molecule has 1 aromatic carbocycles. The predicted octanol–water partition coefficient (Wildman–Crippen LogP) is 3.99. The smallest absolute Gasteiger partial charge is 0.223 e. The number of nitrogens with zero attached hydrogens (tertiary/aromatic N) is 2. The topological polar surface area (TPSA) is 35.0 Å². The van der Waals surface area contributed by atoms with E-state index in [0.29, 0.717) is 27.1 Å². The van der Waals surface area contributed by atoms with Crippen LogP contribution in [0, 0.1) is 6.92 Å². The largest absolute Gasteiger partial charge is 0.439 e. The molecule has 0 fully saturated rings. The molecular weight excluding hydrogens is 291 g/mol. The number of halogens is 2. The van der Waals surface area contributed by atoms with E-state index in [1.165, 1.54) is 0 Å². The molecule has 0 atom stereocenters. The number of aryl methyl sites for hydroxylation is 1. The Balaban J connectivity index is 2.27. The van der Waals surface area contributed by atoms with Crippen molar-refractivity contribution in [1.29, 1.82) is 0 Å². The van der Waals surface area contributed by atoms with Gasteiger partial charge in [0.25, 0.3) is 0 Å². The Morgan fingerprint density at radius 1 is 1.25 bits per heavy atom. The molecule has 0 N–H and O–H groups in total. The van der Waals surface area contributed by atoms with Crippen LogP contribution in [0.3, 0.4) is 0 Å². The summed E-state index contributed by atoms with van der Waals surface area (Å²) < 4.78 is 6.25. The van der Waals surface area contributed by atoms with E-state index in [-0.39, 0.29) is 0 Å². The van der Waals surface area contributed by atoms with Crippen LogP contribution in [0.25, 0.3) is 0 Å². The van der Waals surface area contributed by atoms with Crippen LogP contribution < -0.4 is 4.74 Å². The van der Waals surface area contributed by atoms with Crippen LogP contribution in [0.2, 0.25) is 5.02 Å². The number of rotatable bonds is 2. The van der Waals surface area contributed by atoms with Crippen LogP contribution in [-0.4, -0.2) is 9.97 Å². The van der Waals surface area contributed by atoms with Crippen molar-refractivity contribution in [2.45, 2.75) is 6.92 Å². The summed E-state index contributed by atoms with van der Waals surface area (Å²) >= 11 is 9.14. The van der Waals surface area contributed by atoms with Crippen LogP contribution >= 0.6 is 27.5 Å². The van der Waals surface area contributed by atoms with Gasteiger partial charge in [-0.05, 0) is 41.1 Å². The average molecular weight is 300 g/mol. The standard InChI is InChI=1S/C11H8BrClN2O/c1-7-14-10(12)6-11(15-7)16-9-4-2-3-8(13)5-9/h2-6H,1H3. The van der Waals surface area contributed by atoms with Gasteiger partial charge in [0, 0.05) is 11.1 Å². The van der Waals surface area contributed by atoms with Crippen LogP contribution in [0.5, 0.6) is 11.6 Å². The Morgan fingerprint density at radius 3 is 2.75 bits per heavy atom. The maximum atomic E-state index is 5.85. The highest BCUT2D eigenvalue weighted by Crippen LogP contribution is 2.24. The van der Waals surface area contributed by atoms with Crippen molar-refractivity contribution in [3.8, 4) is 11.6 Å². The van der Waals surface area contributed by atoms with E-state index in [0.717, 1.165) is 0 Å². The maximum Gasteiger partial charge on any atom is 0.223 e. The quantitative estimate of drug-likeness (QED) is 0.786. The first-order valence-corrected chi connectivity index (χ1v) is 5.75. The summed E-state index contributed by atoms with van der Waals surface area (Å²) in [7, 11) is 0. The molecule has 0 unspecified atom stereocenters. The molecule has 3 nitrogen and oxygen atoms in total. The monoisotopic (exact) mass is 298 g/mol. The van der Waals surface area contributed by atoms with Crippen molar-refractivity contribution in [3.63, 3.8) is 0 Å². The number of benzene rings is 1. The second-order valence-electron chi connectivity index (χ2n) is 3.14. The van der Waals surface area contributed by atoms with Gasteiger partial charge in [-0.3, -0.25) is 0 Å². The van der Waals surface area contributed by atoms with Gasteiger partial charge >= 0.3 is 0 Å². The molecule has 1 aromatic heterocycles. The van der Waals surface area contributed by atoms with Crippen molar-refractivity contribution >= 4 is 27.5 Å². The SMILES string of the molecule is Cc1nc(Br)cc(Oc2cccc(Cl)c2)n1. The first-order chi connectivity index (χ1) is 7.63. The van der Waals surface area contributed by atoms with Gasteiger partial charge in [0.1, 0.15) is 16.2 Å². The van der Waals surface area contributed by atoms with Crippen LogP contribution in [-0.2, 0) is 0 Å². The molecule has 1 heterocycles. The molecule has 82 valence electrons. The third kappa shape index (κ3) is 2.93. The average Bonchev–Trinajstić information content (AvgIpc) is 2.15. The zero-order chi connectivity index (χ0) is 11.5. The zero-order valence-electron chi connectivity index (χ0n) is 8.45. The minimum absolute atomic E-state index is 0.488. The van der Waals surface area contributed by atoms with Gasteiger partial charge in [-0.2, -0.15) is 4.98 Å². The number of aromatic nitrogens is 2. The van der Waals surface area contributed by atoms with Gasteiger partial charge in [-0.25, -0.2) is 4.98 Å². The molecule has 2 rings (SSSR count). The molecule has 0 radical (unpaired) electrons. The van der Waals surface area contributed by atoms with Gasteiger partial charge in [-0.15, -0.1) is 0 Å². The number of ether oxygens (including phenoxy) is 1. The molecule has 0 aliphatic heterocycles. The molecule has 5 heteroatoms. The van der Waals surface area contributed by atoms with Gasteiger partial charge in [-0.1, -0.05) is 17.7 Å². The number of hydrogen-bond acceptors (Lipinski definition) is 3. The molecule has 0 spiro atoms. The lowest BCUT2D eigenvalue weighted by Crippen LogP contribution is -1.93. The molecule has 0 aliphatic rings. The Bertz CT molecular complexity index is 499. The van der Waals surface area contributed by atoms with Crippen LogP contribution in [0.15, 0.2) is 34.9 Å². The molecule has 0 amide bonds. The van der Waals surface area contributed by atoms with E-state index < -0.39 is 0 Å². The van der Waals surface area contributed by atoms with E-state index in [9.17, 15) is 0 Å².